The van der Waals surface area contributed by atoms with Crippen molar-refractivity contribution < 1.29 is 37.4 Å². The smallest absolute Gasteiger partial charge is 0.334 e. The van der Waals surface area contributed by atoms with E-state index in [0.29, 0.717) is 29.1 Å². The molecule has 2 amide bonds. The van der Waals surface area contributed by atoms with Crippen LogP contribution in [0.4, 0.5) is 14.5 Å². The van der Waals surface area contributed by atoms with Gasteiger partial charge in [0.05, 0.1) is 18.1 Å². The summed E-state index contributed by atoms with van der Waals surface area (Å²) in [5, 5.41) is -1.34. The highest BCUT2D eigenvalue weighted by molar-refractivity contribution is 7.11. The highest BCUT2D eigenvalue weighted by Gasteiger charge is 2.37. The van der Waals surface area contributed by atoms with Crippen LogP contribution in [0.3, 0.4) is 0 Å². The number of anilines is 1. The molecule has 0 spiro atoms. The average molecular weight is 552 g/mol. The third-order valence-electron chi connectivity index (χ3n) is 5.47. The number of nitrogens with zero attached hydrogens (tertiary/aromatic N) is 1. The lowest BCUT2D eigenvalue weighted by Gasteiger charge is -2.25. The maximum atomic E-state index is 15.3. The Morgan fingerprint density at radius 3 is 2.46 bits per heavy atom. The molecule has 0 unspecified atom stereocenters. The summed E-state index contributed by atoms with van der Waals surface area (Å²) in [7, 11) is 0. The molecule has 0 radical (unpaired) electrons. The molecule has 0 N–H and O–H groups in total. The zero-order valence-electron chi connectivity index (χ0n) is 20.0. The van der Waals surface area contributed by atoms with E-state index in [4.69, 9.17) is 21.1 Å². The molecular formula is C26H24ClF2NO6S. The Kier molecular flexibility index (Phi) is 9.71. The summed E-state index contributed by atoms with van der Waals surface area (Å²) in [6, 6.07) is 4.53. The second-order valence-electron chi connectivity index (χ2n) is 7.95. The molecule has 0 fully saturated rings. The van der Waals surface area contributed by atoms with Gasteiger partial charge < -0.3 is 9.47 Å². The molecule has 0 aliphatic heterocycles. The number of carbonyl (C=O) groups excluding carboxylic acids is 4. The van der Waals surface area contributed by atoms with Crippen LogP contribution in [0, 0.1) is 10.9 Å². The summed E-state index contributed by atoms with van der Waals surface area (Å²) < 4.78 is 39.2. The predicted molar refractivity (Wildman–Crippen MR) is 134 cm³/mol. The monoisotopic (exact) mass is 551 g/mol. The molecule has 37 heavy (non-hydrogen) atoms. The fourth-order valence-corrected chi connectivity index (χ4v) is 5.12. The van der Waals surface area contributed by atoms with Crippen molar-refractivity contribution >= 4 is 52.4 Å². The Hall–Kier alpha value is -3.37. The van der Waals surface area contributed by atoms with E-state index in [-0.39, 0.29) is 59.1 Å². The average Bonchev–Trinajstić information content (AvgIpc) is 3.15. The predicted octanol–water partition coefficient (Wildman–Crippen LogP) is 5.56. The van der Waals surface area contributed by atoms with Crippen molar-refractivity contribution in [2.75, 3.05) is 18.1 Å². The topological polar surface area (TPSA) is 90.0 Å². The SMILES string of the molecule is C=CCOC(=O)C1=C(C(=O)N(C(=O)c2cccc(F)c2)c2c(F)sc(CC(=O)OCC)c2Cl)CCCC1. The lowest BCUT2D eigenvalue weighted by Crippen LogP contribution is -2.40. The van der Waals surface area contributed by atoms with E-state index in [2.05, 4.69) is 6.58 Å². The van der Waals surface area contributed by atoms with Gasteiger partial charge in [-0.15, -0.1) is 11.3 Å². The molecule has 0 atom stereocenters. The van der Waals surface area contributed by atoms with Crippen LogP contribution in [-0.4, -0.2) is 37.0 Å². The summed E-state index contributed by atoms with van der Waals surface area (Å²) in [6.45, 7) is 5.10. The van der Waals surface area contributed by atoms with Crippen LogP contribution in [0.15, 0.2) is 48.1 Å². The van der Waals surface area contributed by atoms with Crippen molar-refractivity contribution in [2.24, 2.45) is 0 Å². The Morgan fingerprint density at radius 1 is 1.11 bits per heavy atom. The first-order chi connectivity index (χ1) is 17.7. The van der Waals surface area contributed by atoms with Gasteiger partial charge in [-0.25, -0.2) is 14.1 Å². The molecule has 0 saturated carbocycles. The van der Waals surface area contributed by atoms with Crippen molar-refractivity contribution in [3.8, 4) is 0 Å². The lowest BCUT2D eigenvalue weighted by molar-refractivity contribution is -0.142. The minimum absolute atomic E-state index is 0.0290. The second-order valence-corrected chi connectivity index (χ2v) is 9.38. The van der Waals surface area contributed by atoms with E-state index in [1.165, 1.54) is 18.2 Å². The van der Waals surface area contributed by atoms with Gasteiger partial charge in [0.25, 0.3) is 11.8 Å². The number of esters is 2. The third kappa shape index (κ3) is 6.50. The van der Waals surface area contributed by atoms with Crippen LogP contribution in [-0.2, 0) is 30.3 Å². The number of benzene rings is 1. The van der Waals surface area contributed by atoms with E-state index < -0.39 is 40.4 Å². The first kappa shape index (κ1) is 28.2. The molecule has 1 aromatic carbocycles. The molecule has 1 aliphatic rings. The summed E-state index contributed by atoms with van der Waals surface area (Å²) in [6.07, 6.45) is 2.47. The first-order valence-corrected chi connectivity index (χ1v) is 12.7. The zero-order valence-corrected chi connectivity index (χ0v) is 21.6. The quantitative estimate of drug-likeness (QED) is 0.230. The van der Waals surface area contributed by atoms with Crippen molar-refractivity contribution in [3.05, 3.63) is 74.5 Å². The molecule has 0 saturated heterocycles. The van der Waals surface area contributed by atoms with E-state index in [0.717, 1.165) is 12.1 Å². The number of hydrogen-bond acceptors (Lipinski definition) is 7. The first-order valence-electron chi connectivity index (χ1n) is 11.5. The fourth-order valence-electron chi connectivity index (χ4n) is 3.83. The maximum absolute atomic E-state index is 15.3. The van der Waals surface area contributed by atoms with Crippen molar-refractivity contribution in [2.45, 2.75) is 39.0 Å². The van der Waals surface area contributed by atoms with Gasteiger partial charge in [0.1, 0.15) is 18.1 Å². The normalized spacial score (nSPS) is 13.2. The van der Waals surface area contributed by atoms with Crippen LogP contribution in [0.5, 0.6) is 0 Å². The number of thiophene rings is 1. The van der Waals surface area contributed by atoms with Crippen LogP contribution in [0.1, 0.15) is 47.8 Å². The second kappa shape index (κ2) is 12.7. The summed E-state index contributed by atoms with van der Waals surface area (Å²) in [5.74, 6) is -4.21. The Labute approximate surface area is 221 Å². The number of hydrogen-bond donors (Lipinski definition) is 0. The largest absolute Gasteiger partial charge is 0.466 e. The van der Waals surface area contributed by atoms with E-state index in [9.17, 15) is 23.6 Å². The highest BCUT2D eigenvalue weighted by atomic mass is 35.5. The van der Waals surface area contributed by atoms with Crippen molar-refractivity contribution in [3.63, 3.8) is 0 Å². The van der Waals surface area contributed by atoms with Gasteiger partial charge in [0, 0.05) is 21.6 Å². The maximum Gasteiger partial charge on any atom is 0.334 e. The third-order valence-corrected chi connectivity index (χ3v) is 6.95. The minimum Gasteiger partial charge on any atom is -0.466 e. The molecule has 0 bridgehead atoms. The lowest BCUT2D eigenvalue weighted by atomic mass is 9.90. The molecule has 7 nitrogen and oxygen atoms in total. The minimum atomic E-state index is -1.05. The van der Waals surface area contributed by atoms with E-state index in [1.54, 1.807) is 6.92 Å². The number of carbonyl (C=O) groups is 4. The molecule has 1 aromatic heterocycles. The van der Waals surface area contributed by atoms with Gasteiger partial charge in [-0.05, 0) is 50.8 Å². The standard InChI is InChI=1S/C26H24ClF2NO6S/c1-3-12-36-26(34)18-11-6-5-10-17(18)25(33)30(24(32)15-8-7-9-16(28)13-15)22-21(27)19(37-23(22)29)14-20(31)35-4-2/h3,7-9,13H,1,4-6,10-12,14H2,2H3. The number of imide groups is 1. The van der Waals surface area contributed by atoms with Crippen molar-refractivity contribution in [1.29, 1.82) is 0 Å². The molecule has 1 aliphatic carbocycles. The number of halogens is 3. The molecule has 1 heterocycles. The van der Waals surface area contributed by atoms with E-state index in [1.807, 2.05) is 0 Å². The molecule has 3 rings (SSSR count). The van der Waals surface area contributed by atoms with Crippen molar-refractivity contribution in [1.82, 2.24) is 0 Å². The Balaban J connectivity index is 2.15. The van der Waals surface area contributed by atoms with Gasteiger partial charge in [0.2, 0.25) is 5.13 Å². The summed E-state index contributed by atoms with van der Waals surface area (Å²) in [5.41, 5.74) is -0.788. The van der Waals surface area contributed by atoms with Crippen LogP contribution in [0.2, 0.25) is 5.02 Å². The van der Waals surface area contributed by atoms with Crippen LogP contribution < -0.4 is 4.90 Å². The van der Waals surface area contributed by atoms with E-state index >= 15 is 4.39 Å². The van der Waals surface area contributed by atoms with Gasteiger partial charge in [-0.1, -0.05) is 30.3 Å². The number of rotatable bonds is 9. The van der Waals surface area contributed by atoms with Gasteiger partial charge >= 0.3 is 11.9 Å². The highest BCUT2D eigenvalue weighted by Crippen LogP contribution is 2.41. The van der Waals surface area contributed by atoms with Gasteiger partial charge in [0.15, 0.2) is 0 Å². The number of amides is 2. The molecule has 2 aromatic rings. The Morgan fingerprint density at radius 2 is 1.81 bits per heavy atom. The molecule has 196 valence electrons. The zero-order chi connectivity index (χ0) is 27.1. The fraction of sp³-hybridized carbons (Fsp3) is 0.308. The van der Waals surface area contributed by atoms with Crippen LogP contribution in [0.25, 0.3) is 0 Å². The summed E-state index contributed by atoms with van der Waals surface area (Å²) in [4.78, 5) is 52.6. The van der Waals surface area contributed by atoms with Crippen LogP contribution >= 0.6 is 22.9 Å². The van der Waals surface area contributed by atoms with Gasteiger partial charge in [-0.2, -0.15) is 4.39 Å². The van der Waals surface area contributed by atoms with Gasteiger partial charge in [-0.3, -0.25) is 14.4 Å². The molecular weight excluding hydrogens is 528 g/mol. The number of ether oxygens (including phenoxy) is 2. The molecule has 11 heteroatoms. The summed E-state index contributed by atoms with van der Waals surface area (Å²) >= 11 is 6.89. The Bertz CT molecular complexity index is 1270.